The maximum Gasteiger partial charge on any atom is 0.0547 e. The Morgan fingerprint density at radius 1 is 0.462 bits per heavy atom. The van der Waals surface area contributed by atoms with Crippen molar-refractivity contribution in [3.05, 3.63) is 145 Å². The molecule has 0 aliphatic carbocycles. The molecule has 7 aromatic rings. The molecule has 184 valence electrons. The number of benzene rings is 6. The Morgan fingerprint density at radius 2 is 1.13 bits per heavy atom. The average molecular weight is 499 g/mol. The van der Waals surface area contributed by atoms with Crippen LogP contribution in [0.2, 0.25) is 0 Å². The third-order valence-electron chi connectivity index (χ3n) is 7.96. The van der Waals surface area contributed by atoms with Crippen LogP contribution in [0.25, 0.3) is 49.7 Å². The smallest absolute Gasteiger partial charge is 0.0547 e. The molecule has 2 heteroatoms. The van der Waals surface area contributed by atoms with Crippen molar-refractivity contribution in [1.29, 1.82) is 0 Å². The van der Waals surface area contributed by atoms with Gasteiger partial charge in [0.2, 0.25) is 0 Å². The van der Waals surface area contributed by atoms with E-state index in [2.05, 4.69) is 156 Å². The molecule has 6 aromatic carbocycles. The summed E-state index contributed by atoms with van der Waals surface area (Å²) in [6, 6.07) is 50.7. The first-order valence-electron chi connectivity index (χ1n) is 13.5. The van der Waals surface area contributed by atoms with E-state index in [1.807, 2.05) is 0 Å². The zero-order valence-electron chi connectivity index (χ0n) is 21.7. The van der Waals surface area contributed by atoms with Crippen molar-refractivity contribution in [1.82, 2.24) is 4.57 Å². The summed E-state index contributed by atoms with van der Waals surface area (Å²) in [5.74, 6) is 0. The summed E-state index contributed by atoms with van der Waals surface area (Å²) >= 11 is 0. The van der Waals surface area contributed by atoms with Crippen molar-refractivity contribution in [3.63, 3.8) is 0 Å². The van der Waals surface area contributed by atoms with Crippen molar-refractivity contribution < 1.29 is 0 Å². The van der Waals surface area contributed by atoms with E-state index in [-0.39, 0.29) is 0 Å². The van der Waals surface area contributed by atoms with E-state index in [9.17, 15) is 0 Å². The van der Waals surface area contributed by atoms with Gasteiger partial charge >= 0.3 is 0 Å². The fraction of sp³-hybridized carbons (Fsp3) is 0.0270. The Balaban J connectivity index is 1.56. The highest BCUT2D eigenvalue weighted by molar-refractivity contribution is 6.21. The number of aryl methyl sites for hydroxylation is 1. The van der Waals surface area contributed by atoms with Gasteiger partial charge in [-0.1, -0.05) is 91.0 Å². The molecule has 1 aliphatic rings. The number of hydrogen-bond acceptors (Lipinski definition) is 1. The van der Waals surface area contributed by atoms with Gasteiger partial charge in [-0.05, 0) is 66.6 Å². The average Bonchev–Trinajstić information content (AvgIpc) is 3.26. The van der Waals surface area contributed by atoms with Crippen LogP contribution in [0.4, 0.5) is 17.1 Å². The van der Waals surface area contributed by atoms with Gasteiger partial charge in [-0.25, -0.2) is 0 Å². The second kappa shape index (κ2) is 8.47. The fourth-order valence-corrected chi connectivity index (χ4v) is 6.37. The molecule has 2 nitrogen and oxygen atoms in total. The molecule has 0 amide bonds. The molecule has 1 aromatic heterocycles. The van der Waals surface area contributed by atoms with E-state index >= 15 is 0 Å². The van der Waals surface area contributed by atoms with E-state index in [0.717, 1.165) is 5.69 Å². The molecule has 0 fully saturated rings. The summed E-state index contributed by atoms with van der Waals surface area (Å²) in [5.41, 5.74) is 13.5. The zero-order chi connectivity index (χ0) is 25.9. The quantitative estimate of drug-likeness (QED) is 0.230. The number of anilines is 3. The molecule has 1 aliphatic heterocycles. The minimum absolute atomic E-state index is 1.16. The standard InChI is InChI=1S/C37H26N2/c1-25-12-11-15-27(24-25)39-34-21-10-7-18-31(34)37-35(39)23-22-29-28-16-5-8-19-32(28)38(26-13-3-2-4-14-26)33-20-9-6-17-30(33)36(29)37/h2-24H,1H3. The molecule has 0 saturated carbocycles. The second-order valence-corrected chi connectivity index (χ2v) is 10.3. The van der Waals surface area contributed by atoms with Crippen LogP contribution < -0.4 is 4.90 Å². The number of aromatic nitrogens is 1. The Hall–Kier alpha value is -5.08. The molecule has 8 rings (SSSR count). The molecule has 0 radical (unpaired) electrons. The fourth-order valence-electron chi connectivity index (χ4n) is 6.37. The van der Waals surface area contributed by atoms with Gasteiger partial charge in [0.05, 0.1) is 22.4 Å². The lowest BCUT2D eigenvalue weighted by atomic mass is 9.90. The number of rotatable bonds is 2. The van der Waals surface area contributed by atoms with Gasteiger partial charge in [0, 0.05) is 38.8 Å². The lowest BCUT2D eigenvalue weighted by Crippen LogP contribution is -2.10. The topological polar surface area (TPSA) is 8.17 Å². The lowest BCUT2D eigenvalue weighted by molar-refractivity contribution is 1.17. The second-order valence-electron chi connectivity index (χ2n) is 10.3. The Bertz CT molecular complexity index is 2030. The number of nitrogens with zero attached hydrogens (tertiary/aromatic N) is 2. The van der Waals surface area contributed by atoms with Crippen LogP contribution in [0.5, 0.6) is 0 Å². The molecular weight excluding hydrogens is 472 g/mol. The summed E-state index contributed by atoms with van der Waals surface area (Å²) in [5, 5.41) is 2.56. The maximum absolute atomic E-state index is 2.42. The van der Waals surface area contributed by atoms with Crippen LogP contribution in [0, 0.1) is 6.92 Å². The normalized spacial score (nSPS) is 12.2. The minimum atomic E-state index is 1.16. The predicted molar refractivity (Wildman–Crippen MR) is 165 cm³/mol. The summed E-state index contributed by atoms with van der Waals surface area (Å²) in [6.07, 6.45) is 0. The van der Waals surface area contributed by atoms with E-state index in [1.54, 1.807) is 0 Å². The molecule has 0 bridgehead atoms. The van der Waals surface area contributed by atoms with Crippen LogP contribution in [-0.2, 0) is 0 Å². The van der Waals surface area contributed by atoms with Crippen LogP contribution in [0.1, 0.15) is 5.56 Å². The maximum atomic E-state index is 2.42. The van der Waals surface area contributed by atoms with Crippen molar-refractivity contribution >= 4 is 38.9 Å². The number of para-hydroxylation sites is 4. The van der Waals surface area contributed by atoms with Crippen molar-refractivity contribution in [3.8, 4) is 27.9 Å². The molecule has 0 spiro atoms. The minimum Gasteiger partial charge on any atom is -0.309 e. The van der Waals surface area contributed by atoms with Crippen LogP contribution in [0.3, 0.4) is 0 Å². The van der Waals surface area contributed by atoms with Crippen molar-refractivity contribution in [2.45, 2.75) is 6.92 Å². The first kappa shape index (κ1) is 22.0. The Morgan fingerprint density at radius 3 is 1.95 bits per heavy atom. The lowest BCUT2D eigenvalue weighted by Gasteiger charge is -2.27. The van der Waals surface area contributed by atoms with Gasteiger partial charge in [-0.2, -0.15) is 0 Å². The van der Waals surface area contributed by atoms with Gasteiger partial charge in [0.25, 0.3) is 0 Å². The third kappa shape index (κ3) is 3.22. The summed E-state index contributed by atoms with van der Waals surface area (Å²) < 4.78 is 2.42. The van der Waals surface area contributed by atoms with Gasteiger partial charge in [-0.15, -0.1) is 0 Å². The highest BCUT2D eigenvalue weighted by atomic mass is 15.1. The van der Waals surface area contributed by atoms with E-state index in [4.69, 9.17) is 0 Å². The zero-order valence-corrected chi connectivity index (χ0v) is 21.7. The molecule has 0 atom stereocenters. The molecule has 0 N–H and O–H groups in total. The van der Waals surface area contributed by atoms with Gasteiger partial charge in [-0.3, -0.25) is 0 Å². The van der Waals surface area contributed by atoms with Crippen molar-refractivity contribution in [2.24, 2.45) is 0 Å². The predicted octanol–water partition coefficient (Wildman–Crippen LogP) is 10.2. The highest BCUT2D eigenvalue weighted by Crippen LogP contribution is 2.53. The largest absolute Gasteiger partial charge is 0.309 e. The third-order valence-corrected chi connectivity index (χ3v) is 7.96. The van der Waals surface area contributed by atoms with Crippen LogP contribution in [0.15, 0.2) is 140 Å². The Kier molecular flexibility index (Phi) is 4.77. The van der Waals surface area contributed by atoms with Crippen molar-refractivity contribution in [2.75, 3.05) is 4.90 Å². The monoisotopic (exact) mass is 498 g/mol. The Labute approximate surface area is 228 Å². The summed E-state index contributed by atoms with van der Waals surface area (Å²) in [4.78, 5) is 2.41. The molecule has 0 unspecified atom stereocenters. The first-order valence-corrected chi connectivity index (χ1v) is 13.5. The summed E-state index contributed by atoms with van der Waals surface area (Å²) in [7, 11) is 0. The van der Waals surface area contributed by atoms with E-state index < -0.39 is 0 Å². The molecule has 0 saturated heterocycles. The summed E-state index contributed by atoms with van der Waals surface area (Å²) in [6.45, 7) is 2.16. The number of fused-ring (bicyclic) bond motifs is 9. The molecule has 2 heterocycles. The SMILES string of the molecule is Cc1cccc(-n2c3ccccc3c3c4c(ccc32)-c2ccccc2N(c2ccccc2)c2ccccc2-4)c1. The van der Waals surface area contributed by atoms with E-state index in [0.29, 0.717) is 0 Å². The van der Waals surface area contributed by atoms with Crippen LogP contribution in [-0.4, -0.2) is 4.57 Å². The highest BCUT2D eigenvalue weighted by Gasteiger charge is 2.28. The van der Waals surface area contributed by atoms with Gasteiger partial charge < -0.3 is 9.47 Å². The van der Waals surface area contributed by atoms with E-state index in [1.165, 1.54) is 66.7 Å². The first-order chi connectivity index (χ1) is 19.3. The number of hydrogen-bond donors (Lipinski definition) is 0. The molecular formula is C37H26N2. The molecule has 39 heavy (non-hydrogen) atoms. The van der Waals surface area contributed by atoms with Gasteiger partial charge in [0.15, 0.2) is 0 Å². The van der Waals surface area contributed by atoms with Gasteiger partial charge in [0.1, 0.15) is 0 Å². The van der Waals surface area contributed by atoms with Crippen LogP contribution >= 0.6 is 0 Å².